The summed E-state index contributed by atoms with van der Waals surface area (Å²) in [5.74, 6) is 3.35. The van der Waals surface area contributed by atoms with Crippen LogP contribution in [0.4, 0.5) is 27.4 Å². The molecule has 0 aliphatic rings. The third kappa shape index (κ3) is 4.31. The molecule has 0 aliphatic carbocycles. The van der Waals surface area contributed by atoms with Crippen LogP contribution in [0.5, 0.6) is 0 Å². The number of nitrogens with one attached hydrogen (secondary N) is 3. The number of aromatic amines is 1. The molecule has 156 valence electrons. The molecule has 0 saturated carbocycles. The van der Waals surface area contributed by atoms with E-state index >= 15 is 0 Å². The van der Waals surface area contributed by atoms with E-state index in [1.165, 1.54) is 12.1 Å². The second-order valence-corrected chi connectivity index (χ2v) is 8.77. The number of halogens is 1. The molecule has 0 fully saturated rings. The van der Waals surface area contributed by atoms with E-state index in [0.29, 0.717) is 40.0 Å². The Labute approximate surface area is 177 Å². The quantitative estimate of drug-likeness (QED) is 0.409. The predicted octanol–water partition coefficient (Wildman–Crippen LogP) is 3.67. The van der Waals surface area contributed by atoms with E-state index in [-0.39, 0.29) is 10.6 Å². The van der Waals surface area contributed by atoms with E-state index in [2.05, 4.69) is 36.5 Å². The number of hydrogen-bond acceptors (Lipinski definition) is 7. The lowest BCUT2D eigenvalue weighted by Gasteiger charge is -2.13. The summed E-state index contributed by atoms with van der Waals surface area (Å²) in [6.45, 7) is 1.77. The molecule has 4 aromatic rings. The summed E-state index contributed by atoms with van der Waals surface area (Å²) in [5, 5.41) is 6.13. The van der Waals surface area contributed by atoms with Crippen LogP contribution in [-0.4, -0.2) is 34.6 Å². The lowest BCUT2D eigenvalue weighted by molar-refractivity contribution is 0.596. The van der Waals surface area contributed by atoms with Crippen molar-refractivity contribution in [1.82, 2.24) is 19.9 Å². The van der Waals surface area contributed by atoms with Crippen molar-refractivity contribution in [3.63, 3.8) is 0 Å². The van der Waals surface area contributed by atoms with E-state index < -0.39 is 15.7 Å². The molecule has 8 nitrogen and oxygen atoms in total. The molecule has 1 aromatic carbocycles. The molecule has 0 radical (unpaired) electrons. The van der Waals surface area contributed by atoms with Crippen LogP contribution in [0.3, 0.4) is 0 Å². The summed E-state index contributed by atoms with van der Waals surface area (Å²) < 4.78 is 38.0. The maximum atomic E-state index is 13.7. The molecule has 3 aromatic heterocycles. The smallest absolute Gasteiger partial charge is 0.177 e. The summed E-state index contributed by atoms with van der Waals surface area (Å²) >= 11 is 0. The first-order valence-electron chi connectivity index (χ1n) is 9.07. The highest BCUT2D eigenvalue weighted by atomic mass is 32.2. The Morgan fingerprint density at radius 3 is 2.58 bits per heavy atom. The fraction of sp³-hybridized carbons (Fsp3) is 0.0952. The first kappa shape index (κ1) is 20.3. The Kier molecular flexibility index (Phi) is 5.04. The molecule has 0 unspecified atom stereocenters. The summed E-state index contributed by atoms with van der Waals surface area (Å²) in [5.41, 5.74) is 2.13. The number of anilines is 4. The molecule has 0 aliphatic heterocycles. The number of rotatable bonds is 5. The first-order valence-corrected chi connectivity index (χ1v) is 11.0. The molecule has 0 atom stereocenters. The van der Waals surface area contributed by atoms with Gasteiger partial charge in [-0.1, -0.05) is 12.0 Å². The van der Waals surface area contributed by atoms with Crippen molar-refractivity contribution in [2.45, 2.75) is 11.8 Å². The molecule has 3 N–H and O–H groups in total. The van der Waals surface area contributed by atoms with E-state index in [4.69, 9.17) is 6.42 Å². The molecule has 4 rings (SSSR count). The van der Waals surface area contributed by atoms with Gasteiger partial charge in [0.05, 0.1) is 16.3 Å². The van der Waals surface area contributed by atoms with Gasteiger partial charge in [-0.3, -0.25) is 0 Å². The standard InChI is InChI=1S/C21H17FN6O2S/c1-4-14-6-5-7-18(25-14)27-19-11-16(20-21(28-19)24-12(2)23-20)26-15-9-8-13(22)10-17(15)31(3,29)30/h1,5-11H,2-3H3,(H3,23,24,25,26,27,28). The van der Waals surface area contributed by atoms with Gasteiger partial charge in [0.2, 0.25) is 0 Å². The highest BCUT2D eigenvalue weighted by Gasteiger charge is 2.17. The number of terminal acetylenes is 1. The van der Waals surface area contributed by atoms with Gasteiger partial charge in [-0.05, 0) is 37.3 Å². The zero-order chi connectivity index (χ0) is 22.2. The second-order valence-electron chi connectivity index (χ2n) is 6.79. The number of imidazole rings is 1. The largest absolute Gasteiger partial charge is 0.352 e. The highest BCUT2D eigenvalue weighted by Crippen LogP contribution is 2.31. The van der Waals surface area contributed by atoms with Gasteiger partial charge in [0, 0.05) is 12.3 Å². The Morgan fingerprint density at radius 1 is 1.03 bits per heavy atom. The fourth-order valence-corrected chi connectivity index (χ4v) is 3.88. The first-order chi connectivity index (χ1) is 14.7. The number of hydrogen-bond donors (Lipinski definition) is 3. The molecule has 0 amide bonds. The summed E-state index contributed by atoms with van der Waals surface area (Å²) in [4.78, 5) is 16.1. The number of aryl methyl sites for hydroxylation is 1. The van der Waals surface area contributed by atoms with Gasteiger partial charge in [0.1, 0.15) is 34.5 Å². The van der Waals surface area contributed by atoms with Gasteiger partial charge in [-0.25, -0.2) is 27.8 Å². The average Bonchev–Trinajstić information content (AvgIpc) is 3.09. The van der Waals surface area contributed by atoms with Gasteiger partial charge < -0.3 is 15.6 Å². The fourth-order valence-electron chi connectivity index (χ4n) is 3.03. The maximum absolute atomic E-state index is 13.7. The van der Waals surface area contributed by atoms with Crippen molar-refractivity contribution in [2.75, 3.05) is 16.9 Å². The van der Waals surface area contributed by atoms with Crippen LogP contribution in [0.25, 0.3) is 11.2 Å². The zero-order valence-electron chi connectivity index (χ0n) is 16.6. The van der Waals surface area contributed by atoms with Gasteiger partial charge in [0.25, 0.3) is 0 Å². The minimum atomic E-state index is -3.68. The summed E-state index contributed by atoms with van der Waals surface area (Å²) in [6, 6.07) is 10.4. The molecular weight excluding hydrogens is 419 g/mol. The molecule has 0 bridgehead atoms. The summed E-state index contributed by atoms with van der Waals surface area (Å²) in [6.07, 6.45) is 6.42. The van der Waals surface area contributed by atoms with Crippen LogP contribution >= 0.6 is 0 Å². The van der Waals surface area contributed by atoms with Gasteiger partial charge in [-0.15, -0.1) is 6.42 Å². The summed E-state index contributed by atoms with van der Waals surface area (Å²) in [7, 11) is -3.68. The molecule has 10 heteroatoms. The van der Waals surface area contributed by atoms with E-state index in [9.17, 15) is 12.8 Å². The lowest BCUT2D eigenvalue weighted by atomic mass is 10.2. The van der Waals surface area contributed by atoms with E-state index in [1.807, 2.05) is 0 Å². The van der Waals surface area contributed by atoms with Gasteiger partial charge >= 0.3 is 0 Å². The number of sulfone groups is 1. The highest BCUT2D eigenvalue weighted by molar-refractivity contribution is 7.90. The number of H-pyrrole nitrogens is 1. The van der Waals surface area contributed by atoms with Crippen LogP contribution < -0.4 is 10.6 Å². The van der Waals surface area contributed by atoms with Crippen molar-refractivity contribution in [3.05, 3.63) is 59.8 Å². The monoisotopic (exact) mass is 436 g/mol. The van der Waals surface area contributed by atoms with Crippen LogP contribution in [0.1, 0.15) is 11.5 Å². The van der Waals surface area contributed by atoms with Gasteiger partial charge in [0.15, 0.2) is 15.5 Å². The molecule has 3 heterocycles. The minimum Gasteiger partial charge on any atom is -0.352 e. The Morgan fingerprint density at radius 2 is 1.84 bits per heavy atom. The van der Waals surface area contributed by atoms with Crippen molar-refractivity contribution in [1.29, 1.82) is 0 Å². The number of pyridine rings is 2. The van der Waals surface area contributed by atoms with Crippen molar-refractivity contribution in [3.8, 4) is 12.3 Å². The van der Waals surface area contributed by atoms with Crippen molar-refractivity contribution in [2.24, 2.45) is 0 Å². The number of fused-ring (bicyclic) bond motifs is 1. The minimum absolute atomic E-state index is 0.164. The molecule has 0 spiro atoms. The zero-order valence-corrected chi connectivity index (χ0v) is 17.4. The van der Waals surface area contributed by atoms with Crippen molar-refractivity contribution >= 4 is 44.0 Å². The van der Waals surface area contributed by atoms with Crippen LogP contribution in [0, 0.1) is 25.1 Å². The Hall–Kier alpha value is -3.97. The van der Waals surface area contributed by atoms with E-state index in [1.54, 1.807) is 31.2 Å². The number of benzene rings is 1. The third-order valence-electron chi connectivity index (χ3n) is 4.34. The average molecular weight is 436 g/mol. The number of aromatic nitrogens is 4. The SMILES string of the molecule is C#Cc1cccc(Nc2cc(Nc3ccc(F)cc3S(C)(=O)=O)c3nc(C)[nH]c3n2)n1. The normalized spacial score (nSPS) is 11.3. The topological polar surface area (TPSA) is 113 Å². The second kappa shape index (κ2) is 7.70. The van der Waals surface area contributed by atoms with Crippen LogP contribution in [0.2, 0.25) is 0 Å². The van der Waals surface area contributed by atoms with Crippen LogP contribution in [0.15, 0.2) is 47.4 Å². The maximum Gasteiger partial charge on any atom is 0.177 e. The Bertz CT molecular complexity index is 1460. The lowest BCUT2D eigenvalue weighted by Crippen LogP contribution is -2.05. The van der Waals surface area contributed by atoms with Gasteiger partial charge in [-0.2, -0.15) is 0 Å². The molecular formula is C21H17FN6O2S. The predicted molar refractivity (Wildman–Crippen MR) is 117 cm³/mol. The van der Waals surface area contributed by atoms with Crippen molar-refractivity contribution < 1.29 is 12.8 Å². The van der Waals surface area contributed by atoms with Crippen LogP contribution in [-0.2, 0) is 9.84 Å². The van der Waals surface area contributed by atoms with E-state index in [0.717, 1.165) is 12.3 Å². The molecule has 31 heavy (non-hydrogen) atoms. The third-order valence-corrected chi connectivity index (χ3v) is 5.47. The molecule has 0 saturated heterocycles. The number of nitrogens with zero attached hydrogens (tertiary/aromatic N) is 3. The Balaban J connectivity index is 1.80.